The molecule has 2 unspecified atom stereocenters. The molecule has 0 aliphatic carbocycles. The number of carbonyl (C=O) groups is 1. The van der Waals surface area contributed by atoms with Crippen molar-refractivity contribution in [3.63, 3.8) is 0 Å². The summed E-state index contributed by atoms with van der Waals surface area (Å²) in [6.45, 7) is 1.94. The molecule has 0 radical (unpaired) electrons. The first-order valence-corrected chi connectivity index (χ1v) is 6.78. The summed E-state index contributed by atoms with van der Waals surface area (Å²) in [7, 11) is 0. The van der Waals surface area contributed by atoms with Gasteiger partial charge in [-0.15, -0.1) is 0 Å². The minimum atomic E-state index is -0.304. The third-order valence-electron chi connectivity index (χ3n) is 3.41. The van der Waals surface area contributed by atoms with E-state index in [0.717, 1.165) is 31.1 Å². The lowest BCUT2D eigenvalue weighted by atomic mass is 9.84. The normalized spacial score (nSPS) is 13.7. The number of nitrogens with zero attached hydrogens (tertiary/aromatic N) is 1. The first-order valence-electron chi connectivity index (χ1n) is 6.78. The number of rotatable bonds is 9. The van der Waals surface area contributed by atoms with Gasteiger partial charge >= 0.3 is 0 Å². The molecule has 0 aliphatic heterocycles. The molecule has 0 heterocycles. The van der Waals surface area contributed by atoms with Crippen LogP contribution in [0.15, 0.2) is 30.3 Å². The minimum Gasteiger partial charge on any atom is -0.303 e. The maximum atomic E-state index is 11.3. The molecule has 0 fully saturated rings. The van der Waals surface area contributed by atoms with Gasteiger partial charge in [0.1, 0.15) is 6.29 Å². The van der Waals surface area contributed by atoms with Crippen molar-refractivity contribution in [1.82, 2.24) is 0 Å². The molecular formula is C15H21NO3. The zero-order valence-corrected chi connectivity index (χ0v) is 11.3. The van der Waals surface area contributed by atoms with Crippen LogP contribution in [0.25, 0.3) is 0 Å². The number of hydrogen-bond acceptors (Lipinski definition) is 3. The number of aldehydes is 1. The topological polar surface area (TPSA) is 60.2 Å². The molecule has 104 valence electrons. The van der Waals surface area contributed by atoms with Crippen molar-refractivity contribution < 1.29 is 9.72 Å². The Hall–Kier alpha value is -1.71. The molecule has 0 aliphatic rings. The maximum absolute atomic E-state index is 11.3. The SMILES string of the molecule is CCCCC(C[N+](=O)[O-])C(C=O)Cc1ccccc1. The van der Waals surface area contributed by atoms with E-state index in [4.69, 9.17) is 0 Å². The van der Waals surface area contributed by atoms with Gasteiger partial charge in [0.25, 0.3) is 0 Å². The largest absolute Gasteiger partial charge is 0.303 e. The van der Waals surface area contributed by atoms with Gasteiger partial charge < -0.3 is 4.79 Å². The van der Waals surface area contributed by atoms with Gasteiger partial charge in [-0.2, -0.15) is 0 Å². The second kappa shape index (κ2) is 8.40. The van der Waals surface area contributed by atoms with Crippen molar-refractivity contribution in [3.8, 4) is 0 Å². The van der Waals surface area contributed by atoms with Gasteiger partial charge in [0.05, 0.1) is 0 Å². The highest BCUT2D eigenvalue weighted by Gasteiger charge is 2.25. The van der Waals surface area contributed by atoms with Crippen molar-refractivity contribution in [3.05, 3.63) is 46.0 Å². The second-order valence-corrected chi connectivity index (χ2v) is 4.91. The van der Waals surface area contributed by atoms with Crippen molar-refractivity contribution in [2.45, 2.75) is 32.6 Å². The molecule has 1 aromatic carbocycles. The van der Waals surface area contributed by atoms with Gasteiger partial charge in [0.2, 0.25) is 6.54 Å². The summed E-state index contributed by atoms with van der Waals surface area (Å²) in [5.74, 6) is -0.424. The average Bonchev–Trinajstić information content (AvgIpc) is 2.41. The van der Waals surface area contributed by atoms with Crippen molar-refractivity contribution in [2.24, 2.45) is 11.8 Å². The highest BCUT2D eigenvalue weighted by atomic mass is 16.6. The van der Waals surface area contributed by atoms with Gasteiger partial charge in [-0.3, -0.25) is 10.1 Å². The summed E-state index contributed by atoms with van der Waals surface area (Å²) < 4.78 is 0. The van der Waals surface area contributed by atoms with Gasteiger partial charge in [-0.1, -0.05) is 50.1 Å². The van der Waals surface area contributed by atoms with Crippen LogP contribution in [0.1, 0.15) is 31.7 Å². The predicted octanol–water partition coefficient (Wildman–Crippen LogP) is 3.13. The number of nitro groups is 1. The van der Waals surface area contributed by atoms with Crippen LogP contribution < -0.4 is 0 Å². The number of benzene rings is 1. The molecule has 0 saturated heterocycles. The molecule has 0 N–H and O–H groups in total. The minimum absolute atomic E-state index is 0.115. The smallest absolute Gasteiger partial charge is 0.207 e. The van der Waals surface area contributed by atoms with Crippen LogP contribution >= 0.6 is 0 Å². The zero-order chi connectivity index (χ0) is 14.1. The van der Waals surface area contributed by atoms with Gasteiger partial charge in [-0.25, -0.2) is 0 Å². The quantitative estimate of drug-likeness (QED) is 0.390. The summed E-state index contributed by atoms with van der Waals surface area (Å²) in [6, 6.07) is 9.68. The highest BCUT2D eigenvalue weighted by molar-refractivity contribution is 5.55. The molecule has 0 saturated carbocycles. The molecule has 0 aromatic heterocycles. The van der Waals surface area contributed by atoms with Gasteiger partial charge in [0, 0.05) is 16.8 Å². The molecule has 0 spiro atoms. The highest BCUT2D eigenvalue weighted by Crippen LogP contribution is 2.21. The Morgan fingerprint density at radius 3 is 2.53 bits per heavy atom. The Labute approximate surface area is 114 Å². The predicted molar refractivity (Wildman–Crippen MR) is 74.6 cm³/mol. The molecule has 1 aromatic rings. The number of unbranched alkanes of at least 4 members (excludes halogenated alkanes) is 1. The van der Waals surface area contributed by atoms with E-state index in [-0.39, 0.29) is 23.3 Å². The van der Waals surface area contributed by atoms with Crippen molar-refractivity contribution in [2.75, 3.05) is 6.54 Å². The fraction of sp³-hybridized carbons (Fsp3) is 0.533. The summed E-state index contributed by atoms with van der Waals surface area (Å²) in [5.41, 5.74) is 1.06. The van der Waals surface area contributed by atoms with E-state index in [1.807, 2.05) is 30.3 Å². The van der Waals surface area contributed by atoms with Crippen LogP contribution in [0.5, 0.6) is 0 Å². The Bertz CT molecular complexity index is 392. The fourth-order valence-corrected chi connectivity index (χ4v) is 2.31. The average molecular weight is 263 g/mol. The third-order valence-corrected chi connectivity index (χ3v) is 3.41. The van der Waals surface area contributed by atoms with E-state index < -0.39 is 0 Å². The van der Waals surface area contributed by atoms with E-state index in [0.29, 0.717) is 6.42 Å². The van der Waals surface area contributed by atoms with Crippen LogP contribution in [0.4, 0.5) is 0 Å². The van der Waals surface area contributed by atoms with Crippen molar-refractivity contribution in [1.29, 1.82) is 0 Å². The lowest BCUT2D eigenvalue weighted by molar-refractivity contribution is -0.489. The molecule has 1 rings (SSSR count). The van der Waals surface area contributed by atoms with E-state index in [2.05, 4.69) is 6.92 Å². The van der Waals surface area contributed by atoms with Crippen LogP contribution in [-0.2, 0) is 11.2 Å². The molecule has 0 amide bonds. The Morgan fingerprint density at radius 1 is 1.32 bits per heavy atom. The molecule has 4 heteroatoms. The van der Waals surface area contributed by atoms with Gasteiger partial charge in [-0.05, 0) is 18.4 Å². The standard InChI is InChI=1S/C15H21NO3/c1-2-3-9-14(11-16(18)19)15(12-17)10-13-7-5-4-6-8-13/h4-8,12,14-15H,2-3,9-11H2,1H3. The molecular weight excluding hydrogens is 242 g/mol. The first-order chi connectivity index (χ1) is 9.17. The monoisotopic (exact) mass is 263 g/mol. The molecule has 19 heavy (non-hydrogen) atoms. The summed E-state index contributed by atoms with van der Waals surface area (Å²) in [5, 5.41) is 10.7. The van der Waals surface area contributed by atoms with Crippen LogP contribution in [-0.4, -0.2) is 17.8 Å². The van der Waals surface area contributed by atoms with Crippen molar-refractivity contribution >= 4 is 6.29 Å². The summed E-state index contributed by atoms with van der Waals surface area (Å²) in [6.07, 6.45) is 4.14. The van der Waals surface area contributed by atoms with E-state index in [1.54, 1.807) is 0 Å². The van der Waals surface area contributed by atoms with E-state index in [9.17, 15) is 14.9 Å². The Balaban J connectivity index is 2.71. The maximum Gasteiger partial charge on any atom is 0.207 e. The third kappa shape index (κ3) is 5.64. The first kappa shape index (κ1) is 15.3. The fourth-order valence-electron chi connectivity index (χ4n) is 2.31. The number of carbonyl (C=O) groups excluding carboxylic acids is 1. The lowest BCUT2D eigenvalue weighted by Gasteiger charge is -2.19. The van der Waals surface area contributed by atoms with Crippen LogP contribution in [0.2, 0.25) is 0 Å². The zero-order valence-electron chi connectivity index (χ0n) is 11.3. The second-order valence-electron chi connectivity index (χ2n) is 4.91. The summed E-state index contributed by atoms with van der Waals surface area (Å²) >= 11 is 0. The van der Waals surface area contributed by atoms with E-state index in [1.165, 1.54) is 0 Å². The number of hydrogen-bond donors (Lipinski definition) is 0. The van der Waals surface area contributed by atoms with Crippen LogP contribution in [0, 0.1) is 22.0 Å². The molecule has 0 bridgehead atoms. The molecule has 4 nitrogen and oxygen atoms in total. The van der Waals surface area contributed by atoms with Gasteiger partial charge in [0.15, 0.2) is 0 Å². The lowest BCUT2D eigenvalue weighted by Crippen LogP contribution is -2.26. The Kier molecular flexibility index (Phi) is 6.79. The van der Waals surface area contributed by atoms with Crippen LogP contribution in [0.3, 0.4) is 0 Å². The molecule has 2 atom stereocenters. The van der Waals surface area contributed by atoms with E-state index >= 15 is 0 Å². The Morgan fingerprint density at radius 2 is 2.00 bits per heavy atom. The summed E-state index contributed by atoms with van der Waals surface area (Å²) in [4.78, 5) is 21.7.